The van der Waals surface area contributed by atoms with Crippen LogP contribution >= 0.6 is 15.9 Å². The Morgan fingerprint density at radius 2 is 1.82 bits per heavy atom. The van der Waals surface area contributed by atoms with Crippen LogP contribution in [0.15, 0.2) is 53.0 Å². The van der Waals surface area contributed by atoms with Crippen LogP contribution in [0.5, 0.6) is 0 Å². The fourth-order valence-electron chi connectivity index (χ4n) is 2.19. The van der Waals surface area contributed by atoms with Gasteiger partial charge in [-0.1, -0.05) is 24.3 Å². The van der Waals surface area contributed by atoms with Gasteiger partial charge in [0.25, 0.3) is 0 Å². The highest BCUT2D eigenvalue weighted by Crippen LogP contribution is 2.32. The Morgan fingerprint density at radius 3 is 2.50 bits per heavy atom. The van der Waals surface area contributed by atoms with Crippen molar-refractivity contribution < 1.29 is 4.39 Å². The third kappa shape index (κ3) is 2.26. The van der Waals surface area contributed by atoms with Crippen molar-refractivity contribution >= 4 is 21.7 Å². The quantitative estimate of drug-likeness (QED) is 0.757. The zero-order valence-corrected chi connectivity index (χ0v) is 12.9. The summed E-state index contributed by atoms with van der Waals surface area (Å²) in [5.74, 6) is -0.275. The Bertz CT molecular complexity index is 895. The molecule has 2 aromatic carbocycles. The van der Waals surface area contributed by atoms with E-state index in [-0.39, 0.29) is 22.6 Å². The third-order valence-electron chi connectivity index (χ3n) is 3.24. The summed E-state index contributed by atoms with van der Waals surface area (Å²) in [5, 5.41) is 13.7. The Morgan fingerprint density at radius 1 is 1.14 bits per heavy atom. The summed E-state index contributed by atoms with van der Waals surface area (Å²) in [6, 6.07) is 15.5. The van der Waals surface area contributed by atoms with E-state index in [0.29, 0.717) is 5.69 Å². The minimum atomic E-state index is -0.448. The van der Waals surface area contributed by atoms with E-state index in [4.69, 9.17) is 5.73 Å². The van der Waals surface area contributed by atoms with Gasteiger partial charge in [0.15, 0.2) is 0 Å². The number of hydrogen-bond donors (Lipinski definition) is 1. The molecule has 0 saturated carbocycles. The molecule has 0 amide bonds. The van der Waals surface area contributed by atoms with Gasteiger partial charge in [0.05, 0.1) is 5.69 Å². The molecule has 0 saturated heterocycles. The van der Waals surface area contributed by atoms with Gasteiger partial charge in [-0.2, -0.15) is 10.4 Å². The molecule has 0 aliphatic heterocycles. The van der Waals surface area contributed by atoms with Crippen LogP contribution in [-0.2, 0) is 0 Å². The molecular formula is C16H10BrFN4. The molecule has 22 heavy (non-hydrogen) atoms. The number of hydrogen-bond acceptors (Lipinski definition) is 3. The van der Waals surface area contributed by atoms with Gasteiger partial charge < -0.3 is 5.73 Å². The van der Waals surface area contributed by atoms with Crippen molar-refractivity contribution in [1.82, 2.24) is 9.78 Å². The molecule has 0 spiro atoms. The van der Waals surface area contributed by atoms with Gasteiger partial charge in [-0.3, -0.25) is 0 Å². The number of nitrogen functional groups attached to an aromatic ring is 1. The zero-order chi connectivity index (χ0) is 15.7. The summed E-state index contributed by atoms with van der Waals surface area (Å²) in [7, 11) is 0. The molecule has 0 radical (unpaired) electrons. The number of rotatable bonds is 2. The molecule has 0 fully saturated rings. The number of anilines is 1. The van der Waals surface area contributed by atoms with E-state index in [1.807, 2.05) is 24.3 Å². The first kappa shape index (κ1) is 14.3. The van der Waals surface area contributed by atoms with Crippen molar-refractivity contribution in [3.05, 3.63) is 64.4 Å². The average Bonchev–Trinajstić information content (AvgIpc) is 2.85. The second-order valence-electron chi connectivity index (χ2n) is 4.56. The smallest absolute Gasteiger partial charge is 0.145 e. The summed E-state index contributed by atoms with van der Waals surface area (Å²) in [6.45, 7) is 0. The molecule has 0 aliphatic carbocycles. The van der Waals surface area contributed by atoms with Crippen molar-refractivity contribution in [3.63, 3.8) is 0 Å². The lowest BCUT2D eigenvalue weighted by molar-refractivity contribution is 0.630. The van der Waals surface area contributed by atoms with Crippen molar-refractivity contribution in [3.8, 4) is 23.0 Å². The Hall–Kier alpha value is -2.65. The maximum absolute atomic E-state index is 14.0. The monoisotopic (exact) mass is 356 g/mol. The number of halogens is 2. The minimum Gasteiger partial charge on any atom is -0.382 e. The molecule has 1 heterocycles. The van der Waals surface area contributed by atoms with Crippen LogP contribution in [0.3, 0.4) is 0 Å². The first-order valence-corrected chi connectivity index (χ1v) is 7.21. The maximum Gasteiger partial charge on any atom is 0.145 e. The molecule has 0 atom stereocenters. The molecule has 108 valence electrons. The average molecular weight is 357 g/mol. The molecule has 0 unspecified atom stereocenters. The number of nitrogens with two attached hydrogens (primary N) is 1. The highest BCUT2D eigenvalue weighted by Gasteiger charge is 2.20. The zero-order valence-electron chi connectivity index (χ0n) is 11.3. The van der Waals surface area contributed by atoms with E-state index in [1.54, 1.807) is 24.3 Å². The van der Waals surface area contributed by atoms with E-state index >= 15 is 0 Å². The predicted molar refractivity (Wildman–Crippen MR) is 85.8 cm³/mol. The molecule has 1 aromatic heterocycles. The molecular weight excluding hydrogens is 347 g/mol. The van der Waals surface area contributed by atoms with Crippen molar-refractivity contribution in [1.29, 1.82) is 5.26 Å². The van der Waals surface area contributed by atoms with Gasteiger partial charge in [-0.05, 0) is 40.2 Å². The van der Waals surface area contributed by atoms with Crippen LogP contribution in [0.1, 0.15) is 5.56 Å². The summed E-state index contributed by atoms with van der Waals surface area (Å²) in [5.41, 5.74) is 7.35. The lowest BCUT2D eigenvalue weighted by Gasteiger charge is -2.05. The lowest BCUT2D eigenvalue weighted by atomic mass is 10.1. The van der Waals surface area contributed by atoms with Crippen molar-refractivity contribution in [2.45, 2.75) is 0 Å². The van der Waals surface area contributed by atoms with E-state index in [0.717, 1.165) is 4.47 Å². The Labute approximate surface area is 134 Å². The van der Waals surface area contributed by atoms with Gasteiger partial charge >= 0.3 is 0 Å². The van der Waals surface area contributed by atoms with Crippen LogP contribution in [0, 0.1) is 17.1 Å². The molecule has 0 bridgehead atoms. The second kappa shape index (κ2) is 5.62. The SMILES string of the molecule is N#Cc1c(-c2ccccc2F)nn(-c2ccccc2Br)c1N. The van der Waals surface area contributed by atoms with Crippen LogP contribution in [-0.4, -0.2) is 9.78 Å². The number of aromatic nitrogens is 2. The molecule has 2 N–H and O–H groups in total. The topological polar surface area (TPSA) is 67.6 Å². The van der Waals surface area contributed by atoms with Gasteiger partial charge in [0.2, 0.25) is 0 Å². The van der Waals surface area contributed by atoms with Crippen LogP contribution in [0.2, 0.25) is 0 Å². The molecule has 3 aromatic rings. The summed E-state index contributed by atoms with van der Waals surface area (Å²) in [4.78, 5) is 0. The molecule has 3 rings (SSSR count). The highest BCUT2D eigenvalue weighted by molar-refractivity contribution is 9.10. The van der Waals surface area contributed by atoms with Crippen LogP contribution in [0.4, 0.5) is 10.2 Å². The second-order valence-corrected chi connectivity index (χ2v) is 5.42. The van der Waals surface area contributed by atoms with Gasteiger partial charge in [-0.25, -0.2) is 9.07 Å². The lowest BCUT2D eigenvalue weighted by Crippen LogP contribution is -2.03. The minimum absolute atomic E-state index is 0.154. The van der Waals surface area contributed by atoms with Crippen molar-refractivity contribution in [2.24, 2.45) is 0 Å². The normalized spacial score (nSPS) is 10.4. The first-order chi connectivity index (χ1) is 10.6. The summed E-state index contributed by atoms with van der Waals surface area (Å²) >= 11 is 3.42. The van der Waals surface area contributed by atoms with Gasteiger partial charge in [-0.15, -0.1) is 0 Å². The van der Waals surface area contributed by atoms with E-state index in [9.17, 15) is 9.65 Å². The number of benzene rings is 2. The number of nitrogens with zero attached hydrogens (tertiary/aromatic N) is 3. The third-order valence-corrected chi connectivity index (χ3v) is 3.91. The fourth-order valence-corrected chi connectivity index (χ4v) is 2.64. The standard InChI is InChI=1S/C16H10BrFN4/c17-12-6-2-4-8-14(12)22-16(20)11(9-19)15(21-22)10-5-1-3-7-13(10)18/h1-8H,20H2. The summed E-state index contributed by atoms with van der Waals surface area (Å²) < 4.78 is 16.2. The van der Waals surface area contributed by atoms with E-state index < -0.39 is 5.82 Å². The van der Waals surface area contributed by atoms with Gasteiger partial charge in [0.1, 0.15) is 29.0 Å². The Kier molecular flexibility index (Phi) is 3.65. The van der Waals surface area contributed by atoms with Crippen LogP contribution < -0.4 is 5.73 Å². The number of para-hydroxylation sites is 1. The van der Waals surface area contributed by atoms with Gasteiger partial charge in [0, 0.05) is 10.0 Å². The largest absolute Gasteiger partial charge is 0.382 e. The number of nitriles is 1. The maximum atomic E-state index is 14.0. The molecule has 6 heteroatoms. The van der Waals surface area contributed by atoms with Crippen LogP contribution in [0.25, 0.3) is 16.9 Å². The molecule has 0 aliphatic rings. The van der Waals surface area contributed by atoms with Crippen molar-refractivity contribution in [2.75, 3.05) is 5.73 Å². The van der Waals surface area contributed by atoms with E-state index in [1.165, 1.54) is 10.7 Å². The first-order valence-electron chi connectivity index (χ1n) is 6.42. The summed E-state index contributed by atoms with van der Waals surface area (Å²) in [6.07, 6.45) is 0. The highest BCUT2D eigenvalue weighted by atomic mass is 79.9. The Balaban J connectivity index is 2.28. The predicted octanol–water partition coefficient (Wildman–Crippen LogP) is 3.89. The van der Waals surface area contributed by atoms with E-state index in [2.05, 4.69) is 21.0 Å². The fraction of sp³-hybridized carbons (Fsp3) is 0. The molecule has 4 nitrogen and oxygen atoms in total.